The first-order valence-corrected chi connectivity index (χ1v) is 8.77. The summed E-state index contributed by atoms with van der Waals surface area (Å²) in [6.07, 6.45) is 0. The van der Waals surface area contributed by atoms with E-state index in [4.69, 9.17) is 11.6 Å². The summed E-state index contributed by atoms with van der Waals surface area (Å²) in [7, 11) is -2.33. The second-order valence-electron chi connectivity index (χ2n) is 4.20. The SMILES string of the molecule is COC(=O)[C@@H]1CN(S(=O)(=O)c2cccc(Cl)c2)CCS1. The van der Waals surface area contributed by atoms with Gasteiger partial charge < -0.3 is 4.74 Å². The number of benzene rings is 1. The van der Waals surface area contributed by atoms with Gasteiger partial charge in [0.2, 0.25) is 10.0 Å². The minimum Gasteiger partial charge on any atom is -0.468 e. The molecule has 110 valence electrons. The van der Waals surface area contributed by atoms with Gasteiger partial charge in [-0.2, -0.15) is 4.31 Å². The molecule has 2 rings (SSSR count). The fraction of sp³-hybridized carbons (Fsp3) is 0.417. The quantitative estimate of drug-likeness (QED) is 0.785. The van der Waals surface area contributed by atoms with Crippen LogP contribution in [0.3, 0.4) is 0 Å². The van der Waals surface area contributed by atoms with Crippen molar-refractivity contribution in [1.82, 2.24) is 4.31 Å². The highest BCUT2D eigenvalue weighted by molar-refractivity contribution is 8.00. The molecular weight excluding hydrogens is 322 g/mol. The zero-order valence-corrected chi connectivity index (χ0v) is 13.2. The summed E-state index contributed by atoms with van der Waals surface area (Å²) >= 11 is 7.24. The zero-order chi connectivity index (χ0) is 14.8. The van der Waals surface area contributed by atoms with Gasteiger partial charge in [0.05, 0.1) is 12.0 Å². The van der Waals surface area contributed by atoms with Crippen molar-refractivity contribution in [3.8, 4) is 0 Å². The Morgan fingerprint density at radius 1 is 1.50 bits per heavy atom. The molecule has 8 heteroatoms. The lowest BCUT2D eigenvalue weighted by molar-refractivity contribution is -0.140. The molecule has 20 heavy (non-hydrogen) atoms. The summed E-state index contributed by atoms with van der Waals surface area (Å²) < 4.78 is 31.0. The van der Waals surface area contributed by atoms with E-state index >= 15 is 0 Å². The van der Waals surface area contributed by atoms with Crippen LogP contribution >= 0.6 is 23.4 Å². The monoisotopic (exact) mass is 335 g/mol. The number of halogens is 1. The van der Waals surface area contributed by atoms with Gasteiger partial charge in [-0.05, 0) is 18.2 Å². The standard InChI is InChI=1S/C12H14ClNO4S2/c1-18-12(15)11-8-14(5-6-19-11)20(16,17)10-4-2-3-9(13)7-10/h2-4,7,11H,5-6,8H2,1H3/t11-/m0/s1. The number of esters is 1. The Morgan fingerprint density at radius 2 is 2.25 bits per heavy atom. The highest BCUT2D eigenvalue weighted by Crippen LogP contribution is 2.26. The molecule has 1 aliphatic heterocycles. The summed E-state index contributed by atoms with van der Waals surface area (Å²) in [5, 5.41) is -0.121. The van der Waals surface area contributed by atoms with Gasteiger partial charge >= 0.3 is 5.97 Å². The number of thioether (sulfide) groups is 1. The molecule has 0 N–H and O–H groups in total. The Labute approximate surface area is 127 Å². The van der Waals surface area contributed by atoms with Crippen LogP contribution in [-0.2, 0) is 19.6 Å². The van der Waals surface area contributed by atoms with Crippen molar-refractivity contribution in [1.29, 1.82) is 0 Å². The maximum Gasteiger partial charge on any atom is 0.320 e. The number of hydrogen-bond donors (Lipinski definition) is 0. The molecule has 0 radical (unpaired) electrons. The number of sulfonamides is 1. The van der Waals surface area contributed by atoms with Crippen molar-refractivity contribution in [3.63, 3.8) is 0 Å². The van der Waals surface area contributed by atoms with E-state index in [9.17, 15) is 13.2 Å². The van der Waals surface area contributed by atoms with Crippen LogP contribution in [0.4, 0.5) is 0 Å². The van der Waals surface area contributed by atoms with E-state index in [0.717, 1.165) is 0 Å². The maximum absolute atomic E-state index is 12.5. The first-order chi connectivity index (χ1) is 9.45. The van der Waals surface area contributed by atoms with Crippen molar-refractivity contribution < 1.29 is 17.9 Å². The normalized spacial score (nSPS) is 20.6. The molecule has 0 amide bonds. The van der Waals surface area contributed by atoms with Crippen LogP contribution in [0.25, 0.3) is 0 Å². The summed E-state index contributed by atoms with van der Waals surface area (Å²) in [6.45, 7) is 0.485. The molecule has 0 unspecified atom stereocenters. The Hall–Kier alpha value is -0.760. The van der Waals surface area contributed by atoms with Gasteiger partial charge in [-0.15, -0.1) is 11.8 Å². The molecule has 1 aromatic rings. The van der Waals surface area contributed by atoms with Crippen LogP contribution in [0.15, 0.2) is 29.2 Å². The highest BCUT2D eigenvalue weighted by Gasteiger charge is 2.34. The van der Waals surface area contributed by atoms with Crippen LogP contribution in [0, 0.1) is 0 Å². The van der Waals surface area contributed by atoms with Crippen molar-refractivity contribution in [2.45, 2.75) is 10.1 Å². The number of hydrogen-bond acceptors (Lipinski definition) is 5. The molecule has 1 atom stereocenters. The van der Waals surface area contributed by atoms with E-state index in [1.165, 1.54) is 35.3 Å². The Bertz CT molecular complexity index is 605. The first-order valence-electron chi connectivity index (χ1n) is 5.90. The van der Waals surface area contributed by atoms with Crippen LogP contribution in [0.1, 0.15) is 0 Å². The minimum atomic E-state index is -3.63. The Kier molecular flexibility index (Phi) is 4.95. The first kappa shape index (κ1) is 15.6. The lowest BCUT2D eigenvalue weighted by atomic mass is 10.4. The maximum atomic E-state index is 12.5. The van der Waals surface area contributed by atoms with Crippen LogP contribution < -0.4 is 0 Å². The molecule has 5 nitrogen and oxygen atoms in total. The predicted octanol–water partition coefficient (Wildman–Crippen LogP) is 1.62. The van der Waals surface area contributed by atoms with Crippen molar-refractivity contribution in [2.24, 2.45) is 0 Å². The zero-order valence-electron chi connectivity index (χ0n) is 10.8. The third-order valence-corrected chi connectivity index (χ3v) is 6.19. The van der Waals surface area contributed by atoms with Gasteiger partial charge in [0.25, 0.3) is 0 Å². The van der Waals surface area contributed by atoms with Crippen LogP contribution in [-0.4, -0.2) is 49.9 Å². The highest BCUT2D eigenvalue weighted by atomic mass is 35.5. The van der Waals surface area contributed by atoms with Crippen LogP contribution in [0.2, 0.25) is 5.02 Å². The summed E-state index contributed by atoms with van der Waals surface area (Å²) in [4.78, 5) is 11.7. The lowest BCUT2D eigenvalue weighted by Crippen LogP contribution is -2.44. The van der Waals surface area contributed by atoms with Crippen molar-refractivity contribution >= 4 is 39.4 Å². The second kappa shape index (κ2) is 6.34. The van der Waals surface area contributed by atoms with Gasteiger partial charge in [0.1, 0.15) is 5.25 Å². The second-order valence-corrected chi connectivity index (χ2v) is 7.89. The third kappa shape index (κ3) is 3.28. The predicted molar refractivity (Wildman–Crippen MR) is 78.5 cm³/mol. The Morgan fingerprint density at radius 3 is 2.90 bits per heavy atom. The molecule has 1 aromatic carbocycles. The average molecular weight is 336 g/mol. The molecule has 1 aliphatic rings. The van der Waals surface area contributed by atoms with E-state index in [1.54, 1.807) is 12.1 Å². The average Bonchev–Trinajstić information content (AvgIpc) is 2.46. The topological polar surface area (TPSA) is 63.7 Å². The number of rotatable bonds is 3. The lowest BCUT2D eigenvalue weighted by Gasteiger charge is -2.30. The molecule has 0 aromatic heterocycles. The summed E-state index contributed by atoms with van der Waals surface area (Å²) in [5.74, 6) is 0.153. The van der Waals surface area contributed by atoms with Gasteiger partial charge in [-0.3, -0.25) is 4.79 Å². The fourth-order valence-electron chi connectivity index (χ4n) is 1.89. The fourth-order valence-corrected chi connectivity index (χ4v) is 4.99. The van der Waals surface area contributed by atoms with E-state index in [1.807, 2.05) is 0 Å². The van der Waals surface area contributed by atoms with Gasteiger partial charge in [0.15, 0.2) is 0 Å². The number of carbonyl (C=O) groups excluding carboxylic acids is 1. The number of nitrogens with zero attached hydrogens (tertiary/aromatic N) is 1. The third-order valence-electron chi connectivity index (χ3n) is 2.93. The Balaban J connectivity index is 2.23. The van der Waals surface area contributed by atoms with Crippen molar-refractivity contribution in [2.75, 3.05) is 26.0 Å². The smallest absolute Gasteiger partial charge is 0.320 e. The number of ether oxygens (including phenoxy) is 1. The van der Waals surface area contributed by atoms with Gasteiger partial charge in [-0.25, -0.2) is 8.42 Å². The van der Waals surface area contributed by atoms with E-state index < -0.39 is 21.2 Å². The molecule has 0 bridgehead atoms. The van der Waals surface area contributed by atoms with Gasteiger partial charge in [0, 0.05) is 23.9 Å². The summed E-state index contributed by atoms with van der Waals surface area (Å²) in [5.41, 5.74) is 0. The van der Waals surface area contributed by atoms with E-state index in [0.29, 0.717) is 17.3 Å². The molecule has 0 spiro atoms. The minimum absolute atomic E-state index is 0.117. The molecule has 0 aliphatic carbocycles. The van der Waals surface area contributed by atoms with Gasteiger partial charge in [-0.1, -0.05) is 17.7 Å². The van der Waals surface area contributed by atoms with Crippen molar-refractivity contribution in [3.05, 3.63) is 29.3 Å². The van der Waals surface area contributed by atoms with E-state index in [-0.39, 0.29) is 11.4 Å². The number of methoxy groups -OCH3 is 1. The summed E-state index contributed by atoms with van der Waals surface area (Å²) in [6, 6.07) is 6.11. The molecular formula is C12H14ClNO4S2. The van der Waals surface area contributed by atoms with Crippen LogP contribution in [0.5, 0.6) is 0 Å². The number of carbonyl (C=O) groups is 1. The molecule has 1 fully saturated rings. The van der Waals surface area contributed by atoms with E-state index in [2.05, 4.69) is 4.74 Å². The molecule has 0 saturated carbocycles. The molecule has 1 heterocycles. The molecule has 1 saturated heterocycles. The largest absolute Gasteiger partial charge is 0.468 e.